The third-order valence-corrected chi connectivity index (χ3v) is 6.75. The van der Waals surface area contributed by atoms with Gasteiger partial charge in [-0.1, -0.05) is 44.2 Å². The minimum absolute atomic E-state index is 0.502. The predicted octanol–water partition coefficient (Wildman–Crippen LogP) is 3.10. The van der Waals surface area contributed by atoms with Gasteiger partial charge >= 0.3 is 0 Å². The van der Waals surface area contributed by atoms with Crippen LogP contribution in [0.5, 0.6) is 0 Å². The molecule has 0 bridgehead atoms. The molecule has 162 valence electrons. The molecule has 2 saturated heterocycles. The normalized spacial score (nSPS) is 25.8. The Morgan fingerprint density at radius 1 is 1.10 bits per heavy atom. The number of piperazine rings is 1. The molecule has 3 unspecified atom stereocenters. The van der Waals surface area contributed by atoms with Crippen LogP contribution in [-0.2, 0) is 0 Å². The number of aliphatic imine (C=N–C) groups is 1. The maximum absolute atomic E-state index is 5.06. The molecule has 2 aliphatic heterocycles. The number of hydrogen-bond acceptors (Lipinski definition) is 3. The number of likely N-dealkylation sites (tertiary alicyclic amines) is 1. The molecule has 5 nitrogen and oxygen atoms in total. The molecule has 2 fully saturated rings. The van der Waals surface area contributed by atoms with Gasteiger partial charge in [0.1, 0.15) is 0 Å². The maximum atomic E-state index is 5.06. The third kappa shape index (κ3) is 5.95. The van der Waals surface area contributed by atoms with Gasteiger partial charge < -0.3 is 15.1 Å². The first kappa shape index (κ1) is 22.1. The Balaban J connectivity index is 1.56. The maximum Gasteiger partial charge on any atom is 0.193 e. The van der Waals surface area contributed by atoms with E-state index in [1.54, 1.807) is 0 Å². The second kappa shape index (κ2) is 11.0. The first-order valence-electron chi connectivity index (χ1n) is 11.7. The van der Waals surface area contributed by atoms with E-state index in [-0.39, 0.29) is 0 Å². The summed E-state index contributed by atoms with van der Waals surface area (Å²) in [5.74, 6) is 2.39. The quantitative estimate of drug-likeness (QED) is 0.589. The molecule has 29 heavy (non-hydrogen) atoms. The molecule has 1 aromatic carbocycles. The van der Waals surface area contributed by atoms with Gasteiger partial charge in [-0.05, 0) is 44.2 Å². The van der Waals surface area contributed by atoms with Gasteiger partial charge in [-0.3, -0.25) is 9.89 Å². The Hall–Kier alpha value is -1.59. The molecule has 1 aromatic rings. The summed E-state index contributed by atoms with van der Waals surface area (Å²) in [5.41, 5.74) is 1.49. The molecule has 2 heterocycles. The van der Waals surface area contributed by atoms with Crippen LogP contribution >= 0.6 is 0 Å². The standard InChI is InChI=1S/C24H41N5/c1-5-25-24(26-18-21(4)28-16-14-27(6-2)15-17-28)29-13-12-23(20(3)19-29)22-10-8-7-9-11-22/h7-11,20-21,23H,5-6,12-19H2,1-4H3,(H,25,26). The Morgan fingerprint density at radius 3 is 2.45 bits per heavy atom. The number of benzene rings is 1. The number of rotatable bonds is 6. The van der Waals surface area contributed by atoms with Crippen LogP contribution in [0.25, 0.3) is 0 Å². The number of hydrogen-bond donors (Lipinski definition) is 1. The average Bonchev–Trinajstić information content (AvgIpc) is 2.77. The lowest BCUT2D eigenvalue weighted by molar-refractivity contribution is 0.109. The van der Waals surface area contributed by atoms with Crippen molar-refractivity contribution < 1.29 is 0 Å². The second-order valence-electron chi connectivity index (χ2n) is 8.74. The summed E-state index contributed by atoms with van der Waals surface area (Å²) in [5, 5.41) is 3.55. The van der Waals surface area contributed by atoms with Crippen molar-refractivity contribution >= 4 is 5.96 Å². The summed E-state index contributed by atoms with van der Waals surface area (Å²) in [6.45, 7) is 19.0. The van der Waals surface area contributed by atoms with Gasteiger partial charge in [0.25, 0.3) is 0 Å². The molecular formula is C24H41N5. The van der Waals surface area contributed by atoms with Gasteiger partial charge in [-0.25, -0.2) is 0 Å². The van der Waals surface area contributed by atoms with Gasteiger partial charge in [-0.15, -0.1) is 0 Å². The fraction of sp³-hybridized carbons (Fsp3) is 0.708. The molecule has 0 amide bonds. The first-order chi connectivity index (χ1) is 14.1. The lowest BCUT2D eigenvalue weighted by atomic mass is 9.82. The molecule has 5 heteroatoms. The zero-order chi connectivity index (χ0) is 20.6. The average molecular weight is 400 g/mol. The fourth-order valence-electron chi connectivity index (χ4n) is 4.81. The summed E-state index contributed by atoms with van der Waals surface area (Å²) in [7, 11) is 0. The largest absolute Gasteiger partial charge is 0.357 e. The summed E-state index contributed by atoms with van der Waals surface area (Å²) in [6.07, 6.45) is 1.20. The number of piperidine rings is 1. The Kier molecular flexibility index (Phi) is 8.37. The summed E-state index contributed by atoms with van der Waals surface area (Å²) < 4.78 is 0. The SMILES string of the molecule is CCNC(=NCC(C)N1CCN(CC)CC1)N1CCC(c2ccccc2)C(C)C1. The number of nitrogens with zero attached hydrogens (tertiary/aromatic N) is 4. The summed E-state index contributed by atoms with van der Waals surface area (Å²) in [6, 6.07) is 11.5. The van der Waals surface area contributed by atoms with E-state index in [2.05, 4.69) is 78.0 Å². The highest BCUT2D eigenvalue weighted by Crippen LogP contribution is 2.32. The van der Waals surface area contributed by atoms with E-state index >= 15 is 0 Å². The van der Waals surface area contributed by atoms with Crippen molar-refractivity contribution in [2.75, 3.05) is 58.9 Å². The van der Waals surface area contributed by atoms with E-state index in [1.807, 2.05) is 0 Å². The lowest BCUT2D eigenvalue weighted by Crippen LogP contribution is -2.51. The molecule has 0 radical (unpaired) electrons. The van der Waals surface area contributed by atoms with Crippen molar-refractivity contribution in [3.63, 3.8) is 0 Å². The van der Waals surface area contributed by atoms with Crippen molar-refractivity contribution in [3.05, 3.63) is 35.9 Å². The van der Waals surface area contributed by atoms with E-state index in [1.165, 1.54) is 44.7 Å². The van der Waals surface area contributed by atoms with Crippen molar-refractivity contribution in [3.8, 4) is 0 Å². The molecule has 3 atom stereocenters. The van der Waals surface area contributed by atoms with E-state index in [9.17, 15) is 0 Å². The van der Waals surface area contributed by atoms with Crippen LogP contribution in [0.1, 0.15) is 45.6 Å². The smallest absolute Gasteiger partial charge is 0.193 e. The molecule has 0 spiro atoms. The van der Waals surface area contributed by atoms with Gasteiger partial charge in [0.05, 0.1) is 6.54 Å². The van der Waals surface area contributed by atoms with E-state index in [0.717, 1.165) is 32.1 Å². The fourth-order valence-corrected chi connectivity index (χ4v) is 4.81. The van der Waals surface area contributed by atoms with E-state index in [0.29, 0.717) is 17.9 Å². The number of likely N-dealkylation sites (N-methyl/N-ethyl adjacent to an activating group) is 1. The minimum Gasteiger partial charge on any atom is -0.357 e. The predicted molar refractivity (Wildman–Crippen MR) is 124 cm³/mol. The van der Waals surface area contributed by atoms with Crippen LogP contribution < -0.4 is 5.32 Å². The Morgan fingerprint density at radius 2 is 1.83 bits per heavy atom. The summed E-state index contributed by atoms with van der Waals surface area (Å²) in [4.78, 5) is 12.7. The van der Waals surface area contributed by atoms with Gasteiger partial charge in [-0.2, -0.15) is 0 Å². The molecule has 1 N–H and O–H groups in total. The highest BCUT2D eigenvalue weighted by molar-refractivity contribution is 5.80. The molecular weight excluding hydrogens is 358 g/mol. The van der Waals surface area contributed by atoms with Crippen molar-refractivity contribution in [2.24, 2.45) is 10.9 Å². The minimum atomic E-state index is 0.502. The van der Waals surface area contributed by atoms with Gasteiger partial charge in [0.15, 0.2) is 5.96 Å². The topological polar surface area (TPSA) is 34.1 Å². The number of guanidine groups is 1. The second-order valence-corrected chi connectivity index (χ2v) is 8.74. The molecule has 2 aliphatic rings. The van der Waals surface area contributed by atoms with E-state index < -0.39 is 0 Å². The zero-order valence-corrected chi connectivity index (χ0v) is 19.0. The Labute approximate surface area is 178 Å². The van der Waals surface area contributed by atoms with Gasteiger partial charge in [0, 0.05) is 51.9 Å². The van der Waals surface area contributed by atoms with Crippen molar-refractivity contribution in [1.82, 2.24) is 20.0 Å². The van der Waals surface area contributed by atoms with Crippen LogP contribution in [-0.4, -0.2) is 85.6 Å². The lowest BCUT2D eigenvalue weighted by Gasteiger charge is -2.39. The molecule has 3 rings (SSSR count). The molecule has 0 aromatic heterocycles. The van der Waals surface area contributed by atoms with Crippen LogP contribution in [0, 0.1) is 5.92 Å². The van der Waals surface area contributed by atoms with Crippen LogP contribution in [0.4, 0.5) is 0 Å². The van der Waals surface area contributed by atoms with Crippen molar-refractivity contribution in [2.45, 2.75) is 46.1 Å². The Bertz CT molecular complexity index is 623. The molecule has 0 saturated carbocycles. The first-order valence-corrected chi connectivity index (χ1v) is 11.7. The van der Waals surface area contributed by atoms with Crippen LogP contribution in [0.2, 0.25) is 0 Å². The number of nitrogens with one attached hydrogen (secondary N) is 1. The summed E-state index contributed by atoms with van der Waals surface area (Å²) >= 11 is 0. The molecule has 0 aliphatic carbocycles. The third-order valence-electron chi connectivity index (χ3n) is 6.75. The van der Waals surface area contributed by atoms with Crippen molar-refractivity contribution in [1.29, 1.82) is 0 Å². The monoisotopic (exact) mass is 399 g/mol. The highest BCUT2D eigenvalue weighted by Gasteiger charge is 2.29. The van der Waals surface area contributed by atoms with E-state index in [4.69, 9.17) is 4.99 Å². The highest BCUT2D eigenvalue weighted by atomic mass is 15.3. The van der Waals surface area contributed by atoms with Crippen LogP contribution in [0.3, 0.4) is 0 Å². The zero-order valence-electron chi connectivity index (χ0n) is 19.0. The van der Waals surface area contributed by atoms with Crippen LogP contribution in [0.15, 0.2) is 35.3 Å². The van der Waals surface area contributed by atoms with Gasteiger partial charge in [0.2, 0.25) is 0 Å².